The van der Waals surface area contributed by atoms with E-state index >= 15 is 0 Å². The third kappa shape index (κ3) is 14.0. The molecule has 53 heavy (non-hydrogen) atoms. The highest BCUT2D eigenvalue weighted by Gasteiger charge is 2.52. The number of Topliss-reactive ketones (excluding diaryl/α,β-unsaturated/α-hetero) is 1. The molecule has 3 rings (SSSR count). The highest BCUT2D eigenvalue weighted by Crippen LogP contribution is 2.35. The number of hydrogen-bond acceptors (Lipinski definition) is 9. The number of hydrogen-bond donors (Lipinski definition) is 5. The van der Waals surface area contributed by atoms with Gasteiger partial charge < -0.3 is 30.9 Å². The van der Waals surface area contributed by atoms with E-state index < -0.39 is 90.8 Å². The Labute approximate surface area is 310 Å². The van der Waals surface area contributed by atoms with E-state index in [0.29, 0.717) is 24.8 Å². The monoisotopic (exact) mass is 750 g/mol. The number of carbonyl (C=O) groups is 6. The molecule has 1 aliphatic carbocycles. The van der Waals surface area contributed by atoms with Gasteiger partial charge in [-0.15, -0.1) is 0 Å². The van der Waals surface area contributed by atoms with E-state index in [4.69, 9.17) is 9.57 Å². The Bertz CT molecular complexity index is 1420. The molecule has 0 bridgehead atoms. The number of alkyl halides is 2. The summed E-state index contributed by atoms with van der Waals surface area (Å²) in [5.74, 6) is -8.53. The molecule has 5 N–H and O–H groups in total. The van der Waals surface area contributed by atoms with Crippen LogP contribution in [0.3, 0.4) is 0 Å². The Morgan fingerprint density at radius 2 is 1.62 bits per heavy atom. The summed E-state index contributed by atoms with van der Waals surface area (Å²) in [6.45, 7) is 9.26. The summed E-state index contributed by atoms with van der Waals surface area (Å²) >= 11 is 0. The first-order valence-corrected chi connectivity index (χ1v) is 18.4. The average molecular weight is 751 g/mol. The molecule has 1 aromatic carbocycles. The number of nitrogens with zero attached hydrogens (tertiary/aromatic N) is 1. The summed E-state index contributed by atoms with van der Waals surface area (Å²) < 4.78 is 35.1. The number of amides is 5. The van der Waals surface area contributed by atoms with Crippen LogP contribution in [0, 0.1) is 11.8 Å². The lowest BCUT2D eigenvalue weighted by Crippen LogP contribution is -2.58. The van der Waals surface area contributed by atoms with Crippen LogP contribution in [0.4, 0.5) is 13.6 Å². The summed E-state index contributed by atoms with van der Waals surface area (Å²) in [4.78, 5) is 85.6. The van der Waals surface area contributed by atoms with Crippen molar-refractivity contribution in [1.29, 1.82) is 0 Å². The number of rotatable bonds is 17. The minimum Gasteiger partial charge on any atom is -0.449 e. The largest absolute Gasteiger partial charge is 0.449 e. The first kappa shape index (κ1) is 43.2. The van der Waals surface area contributed by atoms with Crippen LogP contribution in [-0.2, 0) is 33.5 Å². The van der Waals surface area contributed by atoms with Crippen molar-refractivity contribution in [3.05, 3.63) is 35.9 Å². The molecule has 1 saturated carbocycles. The van der Waals surface area contributed by atoms with Gasteiger partial charge in [0.1, 0.15) is 18.2 Å². The maximum Gasteiger partial charge on any atom is 0.407 e. The van der Waals surface area contributed by atoms with Crippen LogP contribution in [-0.4, -0.2) is 89.8 Å². The molecule has 1 heterocycles. The molecule has 296 valence electrons. The highest BCUT2D eigenvalue weighted by molar-refractivity contribution is 6.38. The van der Waals surface area contributed by atoms with Gasteiger partial charge in [0.2, 0.25) is 23.5 Å². The second-order valence-electron chi connectivity index (χ2n) is 15.2. The van der Waals surface area contributed by atoms with Gasteiger partial charge in [-0.25, -0.2) is 13.6 Å². The number of ether oxygens (including phenoxy) is 1. The van der Waals surface area contributed by atoms with Crippen LogP contribution in [0.25, 0.3) is 0 Å². The van der Waals surface area contributed by atoms with Crippen molar-refractivity contribution in [2.45, 2.75) is 129 Å². The zero-order valence-electron chi connectivity index (χ0n) is 31.6. The summed E-state index contributed by atoms with van der Waals surface area (Å²) in [5, 5.41) is 9.94. The Morgan fingerprint density at radius 3 is 2.23 bits per heavy atom. The summed E-state index contributed by atoms with van der Waals surface area (Å²) in [6, 6.07) is 4.58. The van der Waals surface area contributed by atoms with Gasteiger partial charge >= 0.3 is 6.09 Å². The molecule has 4 atom stereocenters. The number of ketones is 1. The number of nitrogens with one attached hydrogen (secondary N) is 5. The topological polar surface area (TPSA) is 184 Å². The molecule has 0 aromatic heterocycles. The van der Waals surface area contributed by atoms with Crippen LogP contribution in [0.15, 0.2) is 30.3 Å². The van der Waals surface area contributed by atoms with Gasteiger partial charge in [-0.05, 0) is 57.4 Å². The van der Waals surface area contributed by atoms with E-state index in [0.717, 1.165) is 24.2 Å². The minimum atomic E-state index is -3.42. The maximum absolute atomic E-state index is 14.9. The molecular formula is C37H56F2N6O8. The normalized spacial score (nSPS) is 19.1. The Hall–Kier alpha value is -4.18. The average Bonchev–Trinajstić information content (AvgIpc) is 3.45. The predicted molar refractivity (Wildman–Crippen MR) is 191 cm³/mol. The quantitative estimate of drug-likeness (QED) is 0.0901. The number of benzene rings is 1. The zero-order valence-corrected chi connectivity index (χ0v) is 31.6. The Balaban J connectivity index is 1.69. The van der Waals surface area contributed by atoms with Crippen molar-refractivity contribution in [2.24, 2.45) is 11.8 Å². The predicted octanol–water partition coefficient (Wildman–Crippen LogP) is 3.66. The van der Waals surface area contributed by atoms with Crippen molar-refractivity contribution < 1.29 is 47.1 Å². The Morgan fingerprint density at radius 1 is 0.962 bits per heavy atom. The van der Waals surface area contributed by atoms with Crippen LogP contribution in [0.1, 0.15) is 105 Å². The molecule has 1 unspecified atom stereocenters. The second kappa shape index (κ2) is 19.8. The molecule has 5 amide bonds. The van der Waals surface area contributed by atoms with E-state index in [1.165, 1.54) is 0 Å². The fourth-order valence-electron chi connectivity index (χ4n) is 6.23. The fourth-order valence-corrected chi connectivity index (χ4v) is 6.23. The van der Waals surface area contributed by atoms with Crippen molar-refractivity contribution in [2.75, 3.05) is 19.7 Å². The lowest BCUT2D eigenvalue weighted by molar-refractivity contribution is -0.144. The smallest absolute Gasteiger partial charge is 0.407 e. The first-order valence-electron chi connectivity index (χ1n) is 18.4. The van der Waals surface area contributed by atoms with Crippen molar-refractivity contribution in [3.63, 3.8) is 0 Å². The molecule has 0 spiro atoms. The lowest BCUT2D eigenvalue weighted by atomic mass is 9.83. The third-order valence-corrected chi connectivity index (χ3v) is 8.83. The van der Waals surface area contributed by atoms with E-state index in [1.807, 2.05) is 34.6 Å². The molecular weight excluding hydrogens is 694 g/mol. The first-order chi connectivity index (χ1) is 24.9. The van der Waals surface area contributed by atoms with Crippen LogP contribution >= 0.6 is 0 Å². The number of alkyl carbamates (subject to hydrolysis) is 1. The van der Waals surface area contributed by atoms with Gasteiger partial charge in [-0.3, -0.25) is 28.8 Å². The standard InChI is InChI=1S/C37H56F2N6O8/c1-7-14-26(30(47)33(49)40-20-28(46)42-31(44-53-36(4,5)6)25-17-12-9-13-18-25)41-32(48)27-19-37(38,39)22-45(27)34(50)29(24-15-10-8-11-16-24)43-35(51)52-21-23(2)3/h9,12-13,17-18,23-24,26-27,29,31,44H,7-8,10-11,14-16,19-22H2,1-6H3,(H,40,49)(H,41,48)(H,42,46)(H,43,51)/t26?,27-,29-,31+/m0/s1. The summed E-state index contributed by atoms with van der Waals surface area (Å²) in [5.41, 5.74) is 2.86. The number of likely N-dealkylation sites (tertiary alicyclic amines) is 1. The van der Waals surface area contributed by atoms with Crippen LogP contribution < -0.4 is 26.7 Å². The van der Waals surface area contributed by atoms with Gasteiger partial charge in [0.25, 0.3) is 11.8 Å². The van der Waals surface area contributed by atoms with Gasteiger partial charge in [-0.2, -0.15) is 5.48 Å². The van der Waals surface area contributed by atoms with E-state index in [1.54, 1.807) is 37.3 Å². The molecule has 16 heteroatoms. The van der Waals surface area contributed by atoms with Crippen molar-refractivity contribution >= 4 is 35.5 Å². The molecule has 1 aromatic rings. The minimum absolute atomic E-state index is 0.0145. The zero-order chi connectivity index (χ0) is 39.3. The van der Waals surface area contributed by atoms with Crippen molar-refractivity contribution in [1.82, 2.24) is 31.6 Å². The van der Waals surface area contributed by atoms with Gasteiger partial charge in [0.05, 0.1) is 31.3 Å². The second-order valence-corrected chi connectivity index (χ2v) is 15.2. The number of carbonyl (C=O) groups excluding carboxylic acids is 6. The number of hydroxylamine groups is 1. The molecule has 1 aliphatic heterocycles. The number of halogens is 2. The highest BCUT2D eigenvalue weighted by atomic mass is 19.3. The molecule has 2 fully saturated rings. The van der Waals surface area contributed by atoms with Crippen LogP contribution in [0.2, 0.25) is 0 Å². The molecule has 2 aliphatic rings. The van der Waals surface area contributed by atoms with E-state index in [2.05, 4.69) is 26.7 Å². The fraction of sp³-hybridized carbons (Fsp3) is 0.676. The van der Waals surface area contributed by atoms with Gasteiger partial charge in [0.15, 0.2) is 0 Å². The maximum atomic E-state index is 14.9. The molecule has 14 nitrogen and oxygen atoms in total. The summed E-state index contributed by atoms with van der Waals surface area (Å²) in [7, 11) is 0. The lowest BCUT2D eigenvalue weighted by Gasteiger charge is -2.34. The van der Waals surface area contributed by atoms with Gasteiger partial charge in [0, 0.05) is 6.42 Å². The molecule has 0 radical (unpaired) electrons. The van der Waals surface area contributed by atoms with Crippen molar-refractivity contribution in [3.8, 4) is 0 Å². The summed E-state index contributed by atoms with van der Waals surface area (Å²) in [6.07, 6.45) is 1.34. The third-order valence-electron chi connectivity index (χ3n) is 8.83. The van der Waals surface area contributed by atoms with Gasteiger partial charge in [-0.1, -0.05) is 76.8 Å². The van der Waals surface area contributed by atoms with E-state index in [9.17, 15) is 37.5 Å². The SMILES string of the molecule is CCCC(NC(=O)[C@@H]1CC(F)(F)CN1C(=O)[C@@H](NC(=O)OCC(C)C)C1CCCCC1)C(=O)C(=O)NCC(=O)N[C@H](NOC(C)(C)C)c1ccccc1. The Kier molecular flexibility index (Phi) is 16.1. The molecule has 1 saturated heterocycles. The van der Waals surface area contributed by atoms with E-state index in [-0.39, 0.29) is 24.9 Å². The van der Waals surface area contributed by atoms with Crippen LogP contribution in [0.5, 0.6) is 0 Å².